The van der Waals surface area contributed by atoms with Crippen LogP contribution in [0.25, 0.3) is 0 Å². The van der Waals surface area contributed by atoms with Gasteiger partial charge in [-0.2, -0.15) is 5.10 Å². The summed E-state index contributed by atoms with van der Waals surface area (Å²) in [7, 11) is 1.46. The molecule has 2 aromatic carbocycles. The van der Waals surface area contributed by atoms with Crippen molar-refractivity contribution in [1.82, 2.24) is 10.3 Å². The highest BCUT2D eigenvalue weighted by molar-refractivity contribution is 9.10. The Bertz CT molecular complexity index is 854. The molecule has 2 rings (SSSR count). The van der Waals surface area contributed by atoms with Crippen LogP contribution in [0.3, 0.4) is 0 Å². The molecular weight excluding hydrogens is 438 g/mol. The Morgan fingerprint density at radius 3 is 2.66 bits per heavy atom. The molecule has 0 unspecified atom stereocenters. The zero-order valence-corrected chi connectivity index (χ0v) is 18.4. The first-order chi connectivity index (χ1) is 14.0. The molecule has 0 aliphatic rings. The maximum absolute atomic E-state index is 12.1. The number of hydrazone groups is 1. The average Bonchev–Trinajstić information content (AvgIpc) is 2.72. The van der Waals surface area contributed by atoms with Crippen molar-refractivity contribution in [1.29, 1.82) is 0 Å². The van der Waals surface area contributed by atoms with Crippen molar-refractivity contribution >= 4 is 28.1 Å². The zero-order valence-electron chi connectivity index (χ0n) is 16.8. The van der Waals surface area contributed by atoms with Crippen molar-refractivity contribution in [3.05, 3.63) is 52.0 Å². The Hall–Kier alpha value is -2.58. The smallest absolute Gasteiger partial charge is 0.277 e. The van der Waals surface area contributed by atoms with Crippen LogP contribution < -0.4 is 14.9 Å². The van der Waals surface area contributed by atoms with E-state index in [2.05, 4.69) is 45.2 Å². The molecule has 0 aliphatic heterocycles. The number of phenols is 1. The molecule has 29 heavy (non-hydrogen) atoms. The van der Waals surface area contributed by atoms with Crippen LogP contribution in [-0.4, -0.2) is 48.9 Å². The van der Waals surface area contributed by atoms with Gasteiger partial charge < -0.3 is 14.6 Å². The third-order valence-electron chi connectivity index (χ3n) is 4.28. The number of carbonyl (C=O) groups is 1. The monoisotopic (exact) mass is 463 g/mol. The quantitative estimate of drug-likeness (QED) is 0.415. The third-order valence-corrected chi connectivity index (χ3v) is 4.77. The molecule has 0 fully saturated rings. The lowest BCUT2D eigenvalue weighted by molar-refractivity contribution is -0.123. The Morgan fingerprint density at radius 2 is 1.97 bits per heavy atom. The van der Waals surface area contributed by atoms with Crippen molar-refractivity contribution in [2.24, 2.45) is 5.10 Å². The number of phenolic OH excluding ortho intramolecular Hbond substituents is 1. The normalized spacial score (nSPS) is 11.1. The number of ether oxygens (including phenoxy) is 2. The van der Waals surface area contributed by atoms with Crippen LogP contribution in [0.4, 0.5) is 0 Å². The standard InChI is InChI=1S/C21H26BrN3O4/c1-4-25(5-2)13-16-11-17(22)7-9-19(16)29-14-21(27)24-23-12-15-6-8-18(26)20(10-15)28-3/h6-12,26H,4-5,13-14H2,1-3H3,(H,24,27)/b23-12+. The Morgan fingerprint density at radius 1 is 1.21 bits per heavy atom. The number of amides is 1. The van der Waals surface area contributed by atoms with E-state index in [4.69, 9.17) is 9.47 Å². The molecular formula is C21H26BrN3O4. The fourth-order valence-corrected chi connectivity index (χ4v) is 3.04. The van der Waals surface area contributed by atoms with Crippen molar-refractivity contribution in [2.45, 2.75) is 20.4 Å². The molecule has 8 heteroatoms. The van der Waals surface area contributed by atoms with Gasteiger partial charge in [0.25, 0.3) is 5.91 Å². The molecule has 0 saturated carbocycles. The number of hydrogen-bond donors (Lipinski definition) is 2. The van der Waals surface area contributed by atoms with Crippen LogP contribution >= 0.6 is 15.9 Å². The van der Waals surface area contributed by atoms with Crippen molar-refractivity contribution < 1.29 is 19.4 Å². The van der Waals surface area contributed by atoms with Gasteiger partial charge in [-0.1, -0.05) is 29.8 Å². The molecule has 1 amide bonds. The van der Waals surface area contributed by atoms with Gasteiger partial charge in [0.05, 0.1) is 13.3 Å². The molecule has 0 bridgehead atoms. The first kappa shape index (κ1) is 22.7. The summed E-state index contributed by atoms with van der Waals surface area (Å²) in [6.07, 6.45) is 1.46. The summed E-state index contributed by atoms with van der Waals surface area (Å²) in [5.41, 5.74) is 4.12. The van der Waals surface area contributed by atoms with Crippen LogP contribution in [0.1, 0.15) is 25.0 Å². The fourth-order valence-electron chi connectivity index (χ4n) is 2.63. The van der Waals surface area contributed by atoms with E-state index < -0.39 is 0 Å². The van der Waals surface area contributed by atoms with Gasteiger partial charge in [-0.15, -0.1) is 0 Å². The van der Waals surface area contributed by atoms with E-state index in [1.165, 1.54) is 19.4 Å². The van der Waals surface area contributed by atoms with Crippen molar-refractivity contribution in [3.8, 4) is 17.2 Å². The summed E-state index contributed by atoms with van der Waals surface area (Å²) in [6.45, 7) is 6.67. The highest BCUT2D eigenvalue weighted by Crippen LogP contribution is 2.26. The van der Waals surface area contributed by atoms with Gasteiger partial charge in [-0.05, 0) is 55.1 Å². The van der Waals surface area contributed by atoms with Crippen molar-refractivity contribution in [3.63, 3.8) is 0 Å². The lowest BCUT2D eigenvalue weighted by Crippen LogP contribution is -2.26. The summed E-state index contributed by atoms with van der Waals surface area (Å²) in [5.74, 6) is 0.669. The SMILES string of the molecule is CCN(CC)Cc1cc(Br)ccc1OCC(=O)N/N=C/c1ccc(O)c(OC)c1. The minimum atomic E-state index is -0.372. The maximum atomic E-state index is 12.1. The first-order valence-electron chi connectivity index (χ1n) is 9.29. The van der Waals surface area contributed by atoms with Crippen LogP contribution in [0.15, 0.2) is 46.0 Å². The molecule has 2 aromatic rings. The second-order valence-corrected chi connectivity index (χ2v) is 7.14. The number of carbonyl (C=O) groups excluding carboxylic acids is 1. The van der Waals surface area contributed by atoms with Gasteiger partial charge in [0, 0.05) is 16.6 Å². The van der Waals surface area contributed by atoms with Gasteiger partial charge in [0.2, 0.25) is 0 Å². The van der Waals surface area contributed by atoms with Gasteiger partial charge in [-0.3, -0.25) is 9.69 Å². The second-order valence-electron chi connectivity index (χ2n) is 6.23. The highest BCUT2D eigenvalue weighted by atomic mass is 79.9. The highest BCUT2D eigenvalue weighted by Gasteiger charge is 2.10. The van der Waals surface area contributed by atoms with E-state index in [9.17, 15) is 9.90 Å². The zero-order chi connectivity index (χ0) is 21.2. The van der Waals surface area contributed by atoms with Crippen LogP contribution in [0, 0.1) is 0 Å². The van der Waals surface area contributed by atoms with Crippen LogP contribution in [0.5, 0.6) is 17.2 Å². The van der Waals surface area contributed by atoms with Gasteiger partial charge in [0.1, 0.15) is 5.75 Å². The van der Waals surface area contributed by atoms with E-state index in [1.54, 1.807) is 12.1 Å². The van der Waals surface area contributed by atoms with E-state index in [0.29, 0.717) is 17.1 Å². The molecule has 0 spiro atoms. The van der Waals surface area contributed by atoms with Crippen LogP contribution in [-0.2, 0) is 11.3 Å². The lowest BCUT2D eigenvalue weighted by atomic mass is 10.2. The van der Waals surface area contributed by atoms with E-state index in [1.807, 2.05) is 18.2 Å². The van der Waals surface area contributed by atoms with Gasteiger partial charge >= 0.3 is 0 Å². The fraction of sp³-hybridized carbons (Fsp3) is 0.333. The van der Waals surface area contributed by atoms with Gasteiger partial charge in [-0.25, -0.2) is 5.43 Å². The molecule has 7 nitrogen and oxygen atoms in total. The predicted molar refractivity (Wildman–Crippen MR) is 117 cm³/mol. The van der Waals surface area contributed by atoms with E-state index in [0.717, 1.165) is 29.7 Å². The Kier molecular flexibility index (Phi) is 8.95. The Balaban J connectivity index is 1.93. The second kappa shape index (κ2) is 11.4. The number of aromatic hydroxyl groups is 1. The minimum Gasteiger partial charge on any atom is -0.504 e. The number of nitrogens with one attached hydrogen (secondary N) is 1. The summed E-state index contributed by atoms with van der Waals surface area (Å²) >= 11 is 3.48. The number of hydrogen-bond acceptors (Lipinski definition) is 6. The summed E-state index contributed by atoms with van der Waals surface area (Å²) in [5, 5.41) is 13.5. The number of methoxy groups -OCH3 is 1. The van der Waals surface area contributed by atoms with E-state index in [-0.39, 0.29) is 18.3 Å². The molecule has 0 aliphatic carbocycles. The topological polar surface area (TPSA) is 83.4 Å². The minimum absolute atomic E-state index is 0.0390. The summed E-state index contributed by atoms with van der Waals surface area (Å²) < 4.78 is 11.7. The molecule has 0 aromatic heterocycles. The van der Waals surface area contributed by atoms with E-state index >= 15 is 0 Å². The molecule has 0 saturated heterocycles. The number of benzene rings is 2. The Labute approximate surface area is 179 Å². The maximum Gasteiger partial charge on any atom is 0.277 e. The number of nitrogens with zero attached hydrogens (tertiary/aromatic N) is 2. The summed E-state index contributed by atoms with van der Waals surface area (Å²) in [4.78, 5) is 14.3. The van der Waals surface area contributed by atoms with Crippen LogP contribution in [0.2, 0.25) is 0 Å². The van der Waals surface area contributed by atoms with Gasteiger partial charge in [0.15, 0.2) is 18.1 Å². The lowest BCUT2D eigenvalue weighted by Gasteiger charge is -2.20. The number of rotatable bonds is 10. The summed E-state index contributed by atoms with van der Waals surface area (Å²) in [6, 6.07) is 10.5. The molecule has 0 atom stereocenters. The van der Waals surface area contributed by atoms with Crippen molar-refractivity contribution in [2.75, 3.05) is 26.8 Å². The largest absolute Gasteiger partial charge is 0.504 e. The molecule has 0 heterocycles. The molecule has 156 valence electrons. The molecule has 0 radical (unpaired) electrons. The average molecular weight is 464 g/mol. The first-order valence-corrected chi connectivity index (χ1v) is 10.1. The molecule has 2 N–H and O–H groups in total. The number of halogens is 1. The third kappa shape index (κ3) is 7.07. The predicted octanol–water partition coefficient (Wildman–Crippen LogP) is 3.53.